The van der Waals surface area contributed by atoms with E-state index in [0.717, 1.165) is 9.91 Å². The summed E-state index contributed by atoms with van der Waals surface area (Å²) >= 11 is 1.40. The van der Waals surface area contributed by atoms with Crippen molar-refractivity contribution >= 4 is 11.3 Å². The second kappa shape index (κ2) is 5.60. The Morgan fingerprint density at radius 2 is 2.19 bits per heavy atom. The molecule has 1 N–H and O–H groups in total. The first kappa shape index (κ1) is 13.4. The number of nitrogens with zero attached hydrogens (tertiary/aromatic N) is 2. The molecular weight excluding hydrogens is 241 g/mol. The third-order valence-electron chi connectivity index (χ3n) is 1.87. The number of alkyl halides is 3. The lowest BCUT2D eigenvalue weighted by Crippen LogP contribution is -2.35. The molecule has 0 unspecified atom stereocenters. The van der Waals surface area contributed by atoms with Crippen LogP contribution in [0.5, 0.6) is 0 Å². The van der Waals surface area contributed by atoms with Gasteiger partial charge in [-0.3, -0.25) is 4.90 Å². The Bertz CT molecular complexity index is 327. The van der Waals surface area contributed by atoms with Crippen molar-refractivity contribution in [3.8, 4) is 0 Å². The van der Waals surface area contributed by atoms with Gasteiger partial charge >= 0.3 is 6.18 Å². The van der Waals surface area contributed by atoms with Crippen LogP contribution in [0.4, 0.5) is 13.2 Å². The molecule has 0 aliphatic heterocycles. The molecule has 92 valence electrons. The van der Waals surface area contributed by atoms with E-state index in [-0.39, 0.29) is 19.7 Å². The van der Waals surface area contributed by atoms with E-state index in [1.54, 1.807) is 12.3 Å². The number of aliphatic hydroxyl groups excluding tert-OH is 1. The minimum atomic E-state index is -4.25. The predicted octanol–water partition coefficient (Wildman–Crippen LogP) is 1.81. The van der Waals surface area contributed by atoms with Gasteiger partial charge in [0.25, 0.3) is 0 Å². The summed E-state index contributed by atoms with van der Waals surface area (Å²) in [5, 5.41) is 11.2. The van der Waals surface area contributed by atoms with Crippen molar-refractivity contribution in [2.45, 2.75) is 19.6 Å². The summed E-state index contributed by atoms with van der Waals surface area (Å²) in [6.45, 7) is 0.595. The molecule has 3 nitrogen and oxygen atoms in total. The van der Waals surface area contributed by atoms with Crippen LogP contribution in [0.2, 0.25) is 0 Å². The summed E-state index contributed by atoms with van der Waals surface area (Å²) in [6.07, 6.45) is -4.25. The van der Waals surface area contributed by atoms with Crippen LogP contribution in [-0.4, -0.2) is 40.9 Å². The van der Waals surface area contributed by atoms with E-state index in [9.17, 15) is 13.2 Å². The smallest absolute Gasteiger partial charge is 0.395 e. The van der Waals surface area contributed by atoms with Gasteiger partial charge in [-0.2, -0.15) is 13.2 Å². The topological polar surface area (TPSA) is 36.4 Å². The molecule has 0 fully saturated rings. The van der Waals surface area contributed by atoms with E-state index < -0.39 is 12.7 Å². The average Bonchev–Trinajstić information content (AvgIpc) is 2.48. The molecule has 1 aromatic rings. The molecule has 0 spiro atoms. The highest BCUT2D eigenvalue weighted by atomic mass is 32.1. The molecule has 0 aliphatic carbocycles. The fraction of sp³-hybridized carbons (Fsp3) is 0.667. The van der Waals surface area contributed by atoms with E-state index in [0.29, 0.717) is 5.69 Å². The summed E-state index contributed by atoms with van der Waals surface area (Å²) < 4.78 is 36.6. The standard InChI is InChI=1S/C9H13F3N2OS/c1-7-13-8(5-16-7)4-14(2-3-15)6-9(10,11)12/h5,15H,2-4,6H2,1H3. The van der Waals surface area contributed by atoms with E-state index in [1.807, 2.05) is 0 Å². The largest absolute Gasteiger partial charge is 0.401 e. The van der Waals surface area contributed by atoms with Crippen molar-refractivity contribution in [2.24, 2.45) is 0 Å². The number of hydrogen-bond acceptors (Lipinski definition) is 4. The van der Waals surface area contributed by atoms with Gasteiger partial charge in [0.2, 0.25) is 0 Å². The molecule has 0 bridgehead atoms. The summed E-state index contributed by atoms with van der Waals surface area (Å²) in [6, 6.07) is 0. The van der Waals surface area contributed by atoms with Crippen molar-refractivity contribution in [1.29, 1.82) is 0 Å². The van der Waals surface area contributed by atoms with Gasteiger partial charge in [0.1, 0.15) is 0 Å². The molecule has 0 aliphatic rings. The molecule has 1 rings (SSSR count). The minimum absolute atomic E-state index is 0.00388. The highest BCUT2D eigenvalue weighted by molar-refractivity contribution is 7.09. The maximum Gasteiger partial charge on any atom is 0.401 e. The number of rotatable bonds is 5. The number of aryl methyl sites for hydroxylation is 1. The van der Waals surface area contributed by atoms with Crippen LogP contribution in [0, 0.1) is 6.92 Å². The predicted molar refractivity (Wildman–Crippen MR) is 55.3 cm³/mol. The molecule has 0 atom stereocenters. The monoisotopic (exact) mass is 254 g/mol. The Balaban J connectivity index is 2.57. The maximum atomic E-state index is 12.2. The third-order valence-corrected chi connectivity index (χ3v) is 2.69. The molecule has 0 saturated heterocycles. The lowest BCUT2D eigenvalue weighted by Gasteiger charge is -2.21. The number of thiazole rings is 1. The van der Waals surface area contributed by atoms with Crippen LogP contribution >= 0.6 is 11.3 Å². The number of aliphatic hydroxyl groups is 1. The highest BCUT2D eigenvalue weighted by Crippen LogP contribution is 2.18. The first-order chi connectivity index (χ1) is 7.40. The SMILES string of the molecule is Cc1nc(CN(CCO)CC(F)(F)F)cs1. The number of halogens is 3. The van der Waals surface area contributed by atoms with Gasteiger partial charge in [-0.25, -0.2) is 4.98 Å². The second-order valence-electron chi connectivity index (χ2n) is 3.41. The van der Waals surface area contributed by atoms with E-state index in [1.165, 1.54) is 11.3 Å². The maximum absolute atomic E-state index is 12.2. The molecule has 0 saturated carbocycles. The zero-order chi connectivity index (χ0) is 12.2. The van der Waals surface area contributed by atoms with Crippen LogP contribution in [0.1, 0.15) is 10.7 Å². The first-order valence-corrected chi connectivity index (χ1v) is 5.59. The summed E-state index contributed by atoms with van der Waals surface area (Å²) in [5.41, 5.74) is 0.611. The van der Waals surface area contributed by atoms with Crippen LogP contribution in [0.15, 0.2) is 5.38 Å². The zero-order valence-corrected chi connectivity index (χ0v) is 9.61. The summed E-state index contributed by atoms with van der Waals surface area (Å²) in [4.78, 5) is 5.22. The Morgan fingerprint density at radius 1 is 1.50 bits per heavy atom. The Hall–Kier alpha value is -0.660. The third kappa shape index (κ3) is 4.91. The quantitative estimate of drug-likeness (QED) is 0.870. The highest BCUT2D eigenvalue weighted by Gasteiger charge is 2.30. The number of hydrogen-bond donors (Lipinski definition) is 1. The zero-order valence-electron chi connectivity index (χ0n) is 8.79. The second-order valence-corrected chi connectivity index (χ2v) is 4.47. The van der Waals surface area contributed by atoms with Gasteiger partial charge < -0.3 is 5.11 Å². The Kier molecular flexibility index (Phi) is 4.69. The molecule has 0 aromatic carbocycles. The van der Waals surface area contributed by atoms with Crippen molar-refractivity contribution in [2.75, 3.05) is 19.7 Å². The van der Waals surface area contributed by atoms with Crippen molar-refractivity contribution in [3.63, 3.8) is 0 Å². The fourth-order valence-corrected chi connectivity index (χ4v) is 1.92. The van der Waals surface area contributed by atoms with Crippen LogP contribution in [0.3, 0.4) is 0 Å². The van der Waals surface area contributed by atoms with Gasteiger partial charge in [-0.05, 0) is 6.92 Å². The molecule has 1 aromatic heterocycles. The van der Waals surface area contributed by atoms with E-state index in [4.69, 9.17) is 5.11 Å². The van der Waals surface area contributed by atoms with Crippen molar-refractivity contribution in [3.05, 3.63) is 16.1 Å². The normalized spacial score (nSPS) is 12.4. The molecule has 16 heavy (non-hydrogen) atoms. The molecule has 0 radical (unpaired) electrons. The summed E-state index contributed by atoms with van der Waals surface area (Å²) in [5.74, 6) is 0. The van der Waals surface area contributed by atoms with E-state index in [2.05, 4.69) is 4.98 Å². The summed E-state index contributed by atoms with van der Waals surface area (Å²) in [7, 11) is 0. The Labute approximate surface area is 95.5 Å². The van der Waals surface area contributed by atoms with Gasteiger partial charge in [0, 0.05) is 18.5 Å². The Morgan fingerprint density at radius 3 is 2.62 bits per heavy atom. The lowest BCUT2D eigenvalue weighted by molar-refractivity contribution is -0.148. The van der Waals surface area contributed by atoms with Crippen LogP contribution in [0.25, 0.3) is 0 Å². The van der Waals surface area contributed by atoms with Gasteiger partial charge in [0.05, 0.1) is 23.9 Å². The number of aromatic nitrogens is 1. The first-order valence-electron chi connectivity index (χ1n) is 4.71. The van der Waals surface area contributed by atoms with Crippen molar-refractivity contribution in [1.82, 2.24) is 9.88 Å². The lowest BCUT2D eigenvalue weighted by atomic mass is 10.4. The van der Waals surface area contributed by atoms with Crippen LogP contribution < -0.4 is 0 Å². The molecular formula is C9H13F3N2OS. The molecule has 7 heteroatoms. The van der Waals surface area contributed by atoms with Gasteiger partial charge in [0.15, 0.2) is 0 Å². The minimum Gasteiger partial charge on any atom is -0.395 e. The van der Waals surface area contributed by atoms with Crippen LogP contribution in [-0.2, 0) is 6.54 Å². The molecule has 1 heterocycles. The van der Waals surface area contributed by atoms with E-state index >= 15 is 0 Å². The van der Waals surface area contributed by atoms with Gasteiger partial charge in [-0.15, -0.1) is 11.3 Å². The van der Waals surface area contributed by atoms with Crippen molar-refractivity contribution < 1.29 is 18.3 Å². The molecule has 0 amide bonds. The average molecular weight is 254 g/mol. The van der Waals surface area contributed by atoms with Gasteiger partial charge in [-0.1, -0.05) is 0 Å². The fourth-order valence-electron chi connectivity index (χ4n) is 1.32.